The van der Waals surface area contributed by atoms with Crippen molar-refractivity contribution in [3.8, 4) is 17.2 Å². The van der Waals surface area contributed by atoms with Gasteiger partial charge >= 0.3 is 0 Å². The molecule has 0 radical (unpaired) electrons. The molecule has 0 bridgehead atoms. The molecular weight excluding hydrogens is 460 g/mol. The van der Waals surface area contributed by atoms with Crippen molar-refractivity contribution in [2.45, 2.75) is 13.1 Å². The third-order valence-corrected chi connectivity index (χ3v) is 5.77. The number of fused-ring (bicyclic) bond motifs is 3. The van der Waals surface area contributed by atoms with Crippen molar-refractivity contribution in [3.05, 3.63) is 87.3 Å². The molecule has 6 nitrogen and oxygen atoms in total. The van der Waals surface area contributed by atoms with E-state index in [1.807, 2.05) is 42.5 Å². The van der Waals surface area contributed by atoms with Gasteiger partial charge in [-0.2, -0.15) is 0 Å². The number of Topliss-reactive ketones (excluding diaryl/α,β-unsaturated/α-hetero) is 1. The van der Waals surface area contributed by atoms with Crippen LogP contribution in [0, 0.1) is 0 Å². The maximum Gasteiger partial charge on any atom is 0.231 e. The van der Waals surface area contributed by atoms with Gasteiger partial charge in [-0.05, 0) is 48.5 Å². The lowest BCUT2D eigenvalue weighted by Gasteiger charge is -2.29. The number of benzene rings is 2. The number of methoxy groups -OCH3 is 1. The number of ketones is 1. The van der Waals surface area contributed by atoms with Gasteiger partial charge in [-0.15, -0.1) is 0 Å². The second kappa shape index (κ2) is 8.17. The fraction of sp³-hybridized carbons (Fsp3) is 0.167. The van der Waals surface area contributed by atoms with E-state index in [2.05, 4.69) is 25.8 Å². The highest BCUT2D eigenvalue weighted by Crippen LogP contribution is 2.42. The molecule has 0 saturated carbocycles. The first-order chi connectivity index (χ1) is 15.1. The van der Waals surface area contributed by atoms with Crippen LogP contribution < -0.4 is 14.2 Å². The number of pyridine rings is 1. The van der Waals surface area contributed by atoms with Gasteiger partial charge in [0.2, 0.25) is 5.78 Å². The summed E-state index contributed by atoms with van der Waals surface area (Å²) in [6.07, 6.45) is 3.49. The zero-order valence-corrected chi connectivity index (χ0v) is 18.4. The summed E-state index contributed by atoms with van der Waals surface area (Å²) in [5.74, 6) is 2.08. The van der Waals surface area contributed by atoms with Crippen molar-refractivity contribution in [2.75, 3.05) is 13.8 Å². The highest BCUT2D eigenvalue weighted by molar-refractivity contribution is 9.10. The number of carbonyl (C=O) groups excluding carboxylic acids is 1. The summed E-state index contributed by atoms with van der Waals surface area (Å²) < 4.78 is 18.3. The molecule has 1 aromatic heterocycles. The average molecular weight is 479 g/mol. The van der Waals surface area contributed by atoms with Crippen molar-refractivity contribution in [1.29, 1.82) is 0 Å². The largest absolute Gasteiger partial charge is 0.496 e. The number of hydrogen-bond acceptors (Lipinski definition) is 6. The minimum Gasteiger partial charge on any atom is -0.496 e. The molecule has 7 heteroatoms. The van der Waals surface area contributed by atoms with Gasteiger partial charge in [-0.25, -0.2) is 0 Å². The van der Waals surface area contributed by atoms with E-state index in [-0.39, 0.29) is 11.5 Å². The van der Waals surface area contributed by atoms with Crippen LogP contribution in [-0.4, -0.2) is 29.5 Å². The van der Waals surface area contributed by atoms with Gasteiger partial charge in [0.05, 0.1) is 23.9 Å². The van der Waals surface area contributed by atoms with Crippen LogP contribution >= 0.6 is 15.9 Å². The monoisotopic (exact) mass is 478 g/mol. The lowest BCUT2D eigenvalue weighted by atomic mass is 10.0. The molecule has 2 aliphatic heterocycles. The van der Waals surface area contributed by atoms with Crippen LogP contribution in [0.5, 0.6) is 17.2 Å². The van der Waals surface area contributed by atoms with Crippen molar-refractivity contribution < 1.29 is 19.0 Å². The Morgan fingerprint density at radius 3 is 2.94 bits per heavy atom. The molecule has 5 rings (SSSR count). The normalized spacial score (nSPS) is 16.5. The summed E-state index contributed by atoms with van der Waals surface area (Å²) >= 11 is 3.46. The first-order valence-corrected chi connectivity index (χ1v) is 10.6. The predicted octanol–water partition coefficient (Wildman–Crippen LogP) is 4.82. The summed E-state index contributed by atoms with van der Waals surface area (Å²) in [5.41, 5.74) is 3.14. The van der Waals surface area contributed by atoms with Gasteiger partial charge in [0.1, 0.15) is 24.0 Å². The highest BCUT2D eigenvalue weighted by atomic mass is 79.9. The topological polar surface area (TPSA) is 60.9 Å². The molecule has 2 aliphatic rings. The quantitative estimate of drug-likeness (QED) is 0.501. The fourth-order valence-corrected chi connectivity index (χ4v) is 4.16. The standard InChI is InChI=1S/C24H19BrN2O4/c1-29-20-7-5-16(25)10-15(20)11-22-23(28)18-6-8-21-19(24(18)31-22)13-27(14-30-21)12-17-4-2-3-9-26-17/h2-11H,12-14H2,1H3. The van der Waals surface area contributed by atoms with E-state index in [1.165, 1.54) is 0 Å². The minimum atomic E-state index is -0.151. The fourth-order valence-electron chi connectivity index (χ4n) is 3.79. The zero-order chi connectivity index (χ0) is 21.4. The molecule has 0 amide bonds. The molecule has 0 unspecified atom stereocenters. The molecule has 3 aromatic rings. The van der Waals surface area contributed by atoms with Gasteiger partial charge in [0.15, 0.2) is 5.76 Å². The van der Waals surface area contributed by atoms with E-state index >= 15 is 0 Å². The van der Waals surface area contributed by atoms with Gasteiger partial charge in [-0.1, -0.05) is 22.0 Å². The highest BCUT2D eigenvalue weighted by Gasteiger charge is 2.33. The minimum absolute atomic E-state index is 0.151. The molecule has 3 heterocycles. The van der Waals surface area contributed by atoms with Crippen molar-refractivity contribution in [3.63, 3.8) is 0 Å². The van der Waals surface area contributed by atoms with E-state index in [4.69, 9.17) is 14.2 Å². The number of rotatable bonds is 4. The van der Waals surface area contributed by atoms with Crippen LogP contribution in [0.15, 0.2) is 65.0 Å². The summed E-state index contributed by atoms with van der Waals surface area (Å²) in [7, 11) is 1.60. The Hall–Kier alpha value is -3.16. The van der Waals surface area contributed by atoms with E-state index in [9.17, 15) is 4.79 Å². The number of allylic oxidation sites excluding steroid dienone is 1. The Balaban J connectivity index is 1.45. The predicted molar refractivity (Wildman–Crippen MR) is 119 cm³/mol. The lowest BCUT2D eigenvalue weighted by molar-refractivity contribution is 0.0861. The van der Waals surface area contributed by atoms with Crippen LogP contribution in [0.1, 0.15) is 27.2 Å². The molecule has 0 atom stereocenters. The summed E-state index contributed by atoms with van der Waals surface area (Å²) in [4.78, 5) is 19.5. The molecule has 2 aromatic carbocycles. The van der Waals surface area contributed by atoms with Crippen LogP contribution in [0.3, 0.4) is 0 Å². The Bertz CT molecular complexity index is 1190. The third-order valence-electron chi connectivity index (χ3n) is 5.27. The van der Waals surface area contributed by atoms with Crippen LogP contribution in [0.25, 0.3) is 6.08 Å². The summed E-state index contributed by atoms with van der Waals surface area (Å²) in [5, 5.41) is 0. The zero-order valence-electron chi connectivity index (χ0n) is 16.8. The van der Waals surface area contributed by atoms with Crippen LogP contribution in [0.2, 0.25) is 0 Å². The van der Waals surface area contributed by atoms with Crippen molar-refractivity contribution in [1.82, 2.24) is 9.88 Å². The van der Waals surface area contributed by atoms with Gasteiger partial charge in [0, 0.05) is 29.3 Å². The molecule has 156 valence electrons. The third kappa shape index (κ3) is 3.82. The Kier molecular flexibility index (Phi) is 5.21. The smallest absolute Gasteiger partial charge is 0.231 e. The molecule has 0 N–H and O–H groups in total. The molecule has 0 aliphatic carbocycles. The van der Waals surface area contributed by atoms with Crippen LogP contribution in [0.4, 0.5) is 0 Å². The number of carbonyl (C=O) groups is 1. The second-order valence-corrected chi connectivity index (χ2v) is 8.24. The van der Waals surface area contributed by atoms with Crippen molar-refractivity contribution >= 4 is 27.8 Å². The number of halogens is 1. The van der Waals surface area contributed by atoms with E-state index in [1.54, 1.807) is 25.4 Å². The van der Waals surface area contributed by atoms with Crippen LogP contribution in [-0.2, 0) is 13.1 Å². The van der Waals surface area contributed by atoms with Crippen molar-refractivity contribution in [2.24, 2.45) is 0 Å². The maximum atomic E-state index is 13.0. The van der Waals surface area contributed by atoms with Gasteiger partial charge in [-0.3, -0.25) is 14.7 Å². The molecule has 31 heavy (non-hydrogen) atoms. The van der Waals surface area contributed by atoms with E-state index < -0.39 is 0 Å². The first kappa shape index (κ1) is 19.8. The van der Waals surface area contributed by atoms with E-state index in [0.29, 0.717) is 36.9 Å². The first-order valence-electron chi connectivity index (χ1n) is 9.81. The summed E-state index contributed by atoms with van der Waals surface area (Å²) in [6, 6.07) is 15.1. The molecule has 0 saturated heterocycles. The molecule has 0 fully saturated rings. The second-order valence-electron chi connectivity index (χ2n) is 7.33. The average Bonchev–Trinajstić information content (AvgIpc) is 3.10. The Labute approximate surface area is 188 Å². The number of ether oxygens (including phenoxy) is 3. The lowest BCUT2D eigenvalue weighted by Crippen LogP contribution is -2.32. The number of aromatic nitrogens is 1. The Morgan fingerprint density at radius 1 is 1.23 bits per heavy atom. The maximum absolute atomic E-state index is 13.0. The number of hydrogen-bond donors (Lipinski definition) is 0. The molecule has 0 spiro atoms. The number of nitrogens with zero attached hydrogens (tertiary/aromatic N) is 2. The summed E-state index contributed by atoms with van der Waals surface area (Å²) in [6.45, 7) is 1.71. The van der Waals surface area contributed by atoms with E-state index in [0.717, 1.165) is 27.0 Å². The molecular formula is C24H19BrN2O4. The van der Waals surface area contributed by atoms with Gasteiger partial charge < -0.3 is 14.2 Å². The Morgan fingerprint density at radius 2 is 2.13 bits per heavy atom. The van der Waals surface area contributed by atoms with Gasteiger partial charge in [0.25, 0.3) is 0 Å². The SMILES string of the molecule is COc1ccc(Br)cc1C=C1Oc2c(ccc3c2CN(Cc2ccccn2)CO3)C1=O.